The molecule has 1 heterocycles. The van der Waals surface area contributed by atoms with Crippen LogP contribution >= 0.6 is 0 Å². The van der Waals surface area contributed by atoms with Gasteiger partial charge in [-0.15, -0.1) is 0 Å². The molecule has 0 radical (unpaired) electrons. The molecular weight excluding hydrogens is 433 g/mol. The first-order valence-electron chi connectivity index (χ1n) is 11.4. The molecule has 0 aliphatic heterocycles. The Bertz CT molecular complexity index is 1110. The van der Waals surface area contributed by atoms with Gasteiger partial charge in [0, 0.05) is 24.7 Å². The van der Waals surface area contributed by atoms with Crippen molar-refractivity contribution in [2.45, 2.75) is 53.1 Å². The van der Waals surface area contributed by atoms with E-state index in [4.69, 9.17) is 4.52 Å². The minimum Gasteiger partial charge on any atom is -0.359 e. The second kappa shape index (κ2) is 10.6. The number of halogens is 1. The lowest BCUT2D eigenvalue weighted by molar-refractivity contribution is 0.0705. The molecule has 2 amide bonds. The van der Waals surface area contributed by atoms with Gasteiger partial charge in [-0.25, -0.2) is 4.39 Å². The van der Waals surface area contributed by atoms with E-state index < -0.39 is 5.91 Å². The van der Waals surface area contributed by atoms with Crippen LogP contribution in [0.1, 0.15) is 72.4 Å². The van der Waals surface area contributed by atoms with Gasteiger partial charge in [-0.05, 0) is 46.7 Å². The monoisotopic (exact) mass is 465 g/mol. The highest BCUT2D eigenvalue weighted by Gasteiger charge is 2.22. The molecule has 3 rings (SSSR count). The minimum absolute atomic E-state index is 0.00666. The third kappa shape index (κ3) is 6.76. The number of amides is 2. The number of rotatable bonds is 8. The number of benzene rings is 2. The quantitative estimate of drug-likeness (QED) is 0.487. The Kier molecular flexibility index (Phi) is 7.87. The number of carbonyl (C=O) groups excluding carboxylic acids is 2. The van der Waals surface area contributed by atoms with Gasteiger partial charge in [-0.1, -0.05) is 64.0 Å². The summed E-state index contributed by atoms with van der Waals surface area (Å²) in [6.45, 7) is 11.5. The van der Waals surface area contributed by atoms with E-state index in [1.54, 1.807) is 23.1 Å². The highest BCUT2D eigenvalue weighted by molar-refractivity contribution is 5.94. The van der Waals surface area contributed by atoms with E-state index in [0.29, 0.717) is 17.9 Å². The molecule has 0 aliphatic rings. The van der Waals surface area contributed by atoms with Gasteiger partial charge in [0.05, 0.1) is 6.54 Å². The van der Waals surface area contributed by atoms with E-state index >= 15 is 0 Å². The van der Waals surface area contributed by atoms with Crippen LogP contribution in [0.25, 0.3) is 0 Å². The molecule has 0 aliphatic carbocycles. The minimum atomic E-state index is -0.404. The fourth-order valence-electron chi connectivity index (χ4n) is 3.51. The molecule has 0 saturated carbocycles. The van der Waals surface area contributed by atoms with Crippen molar-refractivity contribution < 1.29 is 18.5 Å². The van der Waals surface area contributed by atoms with Gasteiger partial charge in [0.2, 0.25) is 0 Å². The Labute approximate surface area is 200 Å². The molecule has 180 valence electrons. The molecular formula is C27H32FN3O3. The molecule has 34 heavy (non-hydrogen) atoms. The Morgan fingerprint density at radius 3 is 2.29 bits per heavy atom. The van der Waals surface area contributed by atoms with E-state index in [1.165, 1.54) is 12.1 Å². The van der Waals surface area contributed by atoms with Crippen LogP contribution in [-0.4, -0.2) is 28.4 Å². The van der Waals surface area contributed by atoms with Crippen molar-refractivity contribution >= 4 is 11.8 Å². The predicted octanol–water partition coefficient (Wildman–Crippen LogP) is 5.34. The molecule has 2 aromatic carbocycles. The van der Waals surface area contributed by atoms with Crippen LogP contribution in [0.5, 0.6) is 0 Å². The molecule has 3 aromatic rings. The van der Waals surface area contributed by atoms with E-state index in [-0.39, 0.29) is 41.8 Å². The van der Waals surface area contributed by atoms with Gasteiger partial charge >= 0.3 is 0 Å². The number of nitrogens with zero attached hydrogens (tertiary/aromatic N) is 2. The zero-order chi connectivity index (χ0) is 24.9. The van der Waals surface area contributed by atoms with Crippen LogP contribution in [-0.2, 0) is 18.5 Å². The Balaban J connectivity index is 1.67. The SMILES string of the molecule is CC(C)CN(Cc1cc(C(=O)NCc2ccc(F)cc2)no1)C(=O)c1ccc(C(C)(C)C)cc1. The maximum Gasteiger partial charge on any atom is 0.273 e. The highest BCUT2D eigenvalue weighted by atomic mass is 19.1. The van der Waals surface area contributed by atoms with Crippen molar-refractivity contribution in [3.8, 4) is 0 Å². The lowest BCUT2D eigenvalue weighted by atomic mass is 9.86. The fourth-order valence-corrected chi connectivity index (χ4v) is 3.51. The normalized spacial score (nSPS) is 11.5. The van der Waals surface area contributed by atoms with Crippen LogP contribution < -0.4 is 5.32 Å². The molecule has 6 nitrogen and oxygen atoms in total. The molecule has 0 bridgehead atoms. The number of nitrogens with one attached hydrogen (secondary N) is 1. The summed E-state index contributed by atoms with van der Waals surface area (Å²) < 4.78 is 18.4. The summed E-state index contributed by atoms with van der Waals surface area (Å²) in [5.74, 6) is -0.167. The van der Waals surface area contributed by atoms with Gasteiger partial charge in [-0.2, -0.15) is 0 Å². The average molecular weight is 466 g/mol. The summed E-state index contributed by atoms with van der Waals surface area (Å²) in [5.41, 5.74) is 2.66. The molecule has 0 unspecified atom stereocenters. The third-order valence-electron chi connectivity index (χ3n) is 5.38. The molecule has 0 fully saturated rings. The third-order valence-corrected chi connectivity index (χ3v) is 5.38. The van der Waals surface area contributed by atoms with E-state index in [9.17, 15) is 14.0 Å². The predicted molar refractivity (Wildman–Crippen MR) is 129 cm³/mol. The maximum absolute atomic E-state index is 13.2. The van der Waals surface area contributed by atoms with E-state index in [1.807, 2.05) is 38.1 Å². The molecule has 1 N–H and O–H groups in total. The topological polar surface area (TPSA) is 75.4 Å². The summed E-state index contributed by atoms with van der Waals surface area (Å²) >= 11 is 0. The average Bonchev–Trinajstić information content (AvgIpc) is 3.25. The molecule has 7 heteroatoms. The zero-order valence-electron chi connectivity index (χ0n) is 20.4. The number of hydrogen-bond donors (Lipinski definition) is 1. The van der Waals surface area contributed by atoms with Gasteiger partial charge in [0.15, 0.2) is 11.5 Å². The van der Waals surface area contributed by atoms with Gasteiger partial charge in [-0.3, -0.25) is 9.59 Å². The lowest BCUT2D eigenvalue weighted by Crippen LogP contribution is -2.33. The second-order valence-electron chi connectivity index (χ2n) is 9.89. The summed E-state index contributed by atoms with van der Waals surface area (Å²) in [6.07, 6.45) is 0. The fraction of sp³-hybridized carbons (Fsp3) is 0.370. The molecule has 0 atom stereocenters. The first-order chi connectivity index (χ1) is 16.0. The molecule has 1 aromatic heterocycles. The van der Waals surface area contributed by atoms with Crippen molar-refractivity contribution in [2.24, 2.45) is 5.92 Å². The smallest absolute Gasteiger partial charge is 0.273 e. The number of aromatic nitrogens is 1. The van der Waals surface area contributed by atoms with E-state index in [0.717, 1.165) is 11.1 Å². The highest BCUT2D eigenvalue weighted by Crippen LogP contribution is 2.23. The van der Waals surface area contributed by atoms with Crippen LogP contribution in [0.4, 0.5) is 4.39 Å². The molecule has 0 spiro atoms. The van der Waals surface area contributed by atoms with Crippen LogP contribution in [0.2, 0.25) is 0 Å². The first-order valence-corrected chi connectivity index (χ1v) is 11.4. The zero-order valence-corrected chi connectivity index (χ0v) is 20.4. The van der Waals surface area contributed by atoms with Crippen molar-refractivity contribution in [2.75, 3.05) is 6.54 Å². The Morgan fingerprint density at radius 2 is 1.71 bits per heavy atom. The van der Waals surface area contributed by atoms with Crippen LogP contribution in [0.15, 0.2) is 59.1 Å². The Morgan fingerprint density at radius 1 is 1.06 bits per heavy atom. The number of carbonyl (C=O) groups is 2. The summed E-state index contributed by atoms with van der Waals surface area (Å²) in [7, 11) is 0. The van der Waals surface area contributed by atoms with Crippen molar-refractivity contribution in [1.29, 1.82) is 0 Å². The van der Waals surface area contributed by atoms with Crippen LogP contribution in [0.3, 0.4) is 0 Å². The van der Waals surface area contributed by atoms with Gasteiger partial charge in [0.1, 0.15) is 5.82 Å². The van der Waals surface area contributed by atoms with Crippen molar-refractivity contribution in [3.63, 3.8) is 0 Å². The first kappa shape index (κ1) is 25.1. The van der Waals surface area contributed by atoms with Crippen LogP contribution in [0, 0.1) is 11.7 Å². The maximum atomic E-state index is 13.2. The largest absolute Gasteiger partial charge is 0.359 e. The second-order valence-corrected chi connectivity index (χ2v) is 9.89. The van der Waals surface area contributed by atoms with Gasteiger partial charge < -0.3 is 14.7 Å². The lowest BCUT2D eigenvalue weighted by Gasteiger charge is -2.24. The summed E-state index contributed by atoms with van der Waals surface area (Å²) in [5, 5.41) is 6.60. The Hall–Kier alpha value is -3.48. The molecule has 0 saturated heterocycles. The van der Waals surface area contributed by atoms with E-state index in [2.05, 4.69) is 31.2 Å². The summed E-state index contributed by atoms with van der Waals surface area (Å²) in [6, 6.07) is 15.1. The van der Waals surface area contributed by atoms with Crippen molar-refractivity contribution in [3.05, 3.63) is 88.6 Å². The van der Waals surface area contributed by atoms with Gasteiger partial charge in [0.25, 0.3) is 11.8 Å². The number of hydrogen-bond acceptors (Lipinski definition) is 4. The summed E-state index contributed by atoms with van der Waals surface area (Å²) in [4.78, 5) is 27.4. The standard InChI is InChI=1S/C27H32FN3O3/c1-18(2)16-31(26(33)20-8-10-21(11-9-20)27(3,4)5)17-23-14-24(30-34-23)25(32)29-15-19-6-12-22(28)13-7-19/h6-14,18H,15-17H2,1-5H3,(H,29,32). The van der Waals surface area contributed by atoms with Crippen molar-refractivity contribution in [1.82, 2.24) is 15.4 Å².